The first-order chi connectivity index (χ1) is 11.3. The van der Waals surface area contributed by atoms with E-state index in [4.69, 9.17) is 4.74 Å². The molecule has 0 aliphatic carbocycles. The molecule has 0 N–H and O–H groups in total. The number of ether oxygens (including phenoxy) is 2. The van der Waals surface area contributed by atoms with Crippen LogP contribution < -0.4 is 9.47 Å². The van der Waals surface area contributed by atoms with Crippen LogP contribution in [0, 0.1) is 6.92 Å². The van der Waals surface area contributed by atoms with E-state index in [0.29, 0.717) is 22.7 Å². The van der Waals surface area contributed by atoms with Crippen molar-refractivity contribution < 1.29 is 23.0 Å². The van der Waals surface area contributed by atoms with Gasteiger partial charge in [0.1, 0.15) is 11.3 Å². The zero-order chi connectivity index (χ0) is 17.9. The fraction of sp³-hybridized carbons (Fsp3) is 0.375. The molecule has 0 saturated carbocycles. The summed E-state index contributed by atoms with van der Waals surface area (Å²) >= 11 is 0. The molecule has 2 aromatic rings. The highest BCUT2D eigenvalue weighted by atomic mass is 19.3. The van der Waals surface area contributed by atoms with Gasteiger partial charge in [0, 0.05) is 20.6 Å². The molecule has 0 saturated heterocycles. The van der Waals surface area contributed by atoms with Crippen LogP contribution in [0.4, 0.5) is 8.78 Å². The average molecular weight is 339 g/mol. The summed E-state index contributed by atoms with van der Waals surface area (Å²) in [6, 6.07) is 6.24. The minimum absolute atomic E-state index is 0.0542. The van der Waals surface area contributed by atoms with Gasteiger partial charge in [-0.05, 0) is 24.6 Å². The van der Waals surface area contributed by atoms with Crippen LogP contribution in [0.25, 0.3) is 0 Å². The minimum atomic E-state index is -2.89. The van der Waals surface area contributed by atoms with Crippen LogP contribution in [0.1, 0.15) is 21.6 Å². The quantitative estimate of drug-likeness (QED) is 0.812. The van der Waals surface area contributed by atoms with E-state index in [0.717, 1.165) is 0 Å². The van der Waals surface area contributed by atoms with Crippen LogP contribution in [-0.4, -0.2) is 41.4 Å². The highest BCUT2D eigenvalue weighted by Crippen LogP contribution is 2.23. The summed E-state index contributed by atoms with van der Waals surface area (Å²) in [6.07, 6.45) is 0. The van der Waals surface area contributed by atoms with E-state index in [-0.39, 0.29) is 18.2 Å². The molecule has 8 heteroatoms. The van der Waals surface area contributed by atoms with Crippen molar-refractivity contribution in [1.29, 1.82) is 0 Å². The van der Waals surface area contributed by atoms with Crippen molar-refractivity contribution in [3.8, 4) is 11.6 Å². The van der Waals surface area contributed by atoms with Crippen LogP contribution in [0.2, 0.25) is 0 Å². The van der Waals surface area contributed by atoms with E-state index in [9.17, 15) is 13.6 Å². The number of methoxy groups -OCH3 is 1. The number of nitrogens with zero attached hydrogens (tertiary/aromatic N) is 3. The third-order valence-corrected chi connectivity index (χ3v) is 3.47. The molecule has 130 valence electrons. The number of halogens is 2. The molecule has 1 amide bonds. The van der Waals surface area contributed by atoms with Crippen molar-refractivity contribution in [2.45, 2.75) is 20.1 Å². The van der Waals surface area contributed by atoms with Crippen molar-refractivity contribution in [2.24, 2.45) is 7.05 Å². The maximum atomic E-state index is 12.7. The molecule has 0 fully saturated rings. The van der Waals surface area contributed by atoms with E-state index < -0.39 is 6.61 Å². The number of amides is 1. The smallest absolute Gasteiger partial charge is 0.387 e. The summed E-state index contributed by atoms with van der Waals surface area (Å²) in [6.45, 7) is -0.931. The van der Waals surface area contributed by atoms with E-state index in [1.165, 1.54) is 28.8 Å². The van der Waals surface area contributed by atoms with Crippen molar-refractivity contribution in [2.75, 3.05) is 14.2 Å². The normalized spacial score (nSPS) is 10.8. The number of aromatic nitrogens is 2. The zero-order valence-corrected chi connectivity index (χ0v) is 13.9. The third kappa shape index (κ3) is 3.81. The van der Waals surface area contributed by atoms with Crippen molar-refractivity contribution >= 4 is 5.91 Å². The molecule has 6 nitrogen and oxygen atoms in total. The van der Waals surface area contributed by atoms with E-state index >= 15 is 0 Å². The first-order valence-corrected chi connectivity index (χ1v) is 7.20. The highest BCUT2D eigenvalue weighted by molar-refractivity contribution is 5.97. The fourth-order valence-corrected chi connectivity index (χ4v) is 2.47. The number of hydrogen-bond acceptors (Lipinski definition) is 4. The monoisotopic (exact) mass is 339 g/mol. The first-order valence-electron chi connectivity index (χ1n) is 7.20. The number of aryl methyl sites for hydroxylation is 2. The molecule has 0 spiro atoms. The second kappa shape index (κ2) is 7.29. The number of carbonyl (C=O) groups excluding carboxylic acids is 1. The van der Waals surface area contributed by atoms with Gasteiger partial charge < -0.3 is 14.4 Å². The molecule has 1 aromatic heterocycles. The van der Waals surface area contributed by atoms with Gasteiger partial charge in [0.05, 0.1) is 12.8 Å². The van der Waals surface area contributed by atoms with E-state index in [1.807, 2.05) is 0 Å². The van der Waals surface area contributed by atoms with Gasteiger partial charge in [0.25, 0.3) is 5.91 Å². The van der Waals surface area contributed by atoms with Crippen LogP contribution in [-0.2, 0) is 13.6 Å². The number of carbonyl (C=O) groups is 1. The third-order valence-electron chi connectivity index (χ3n) is 3.47. The number of benzene rings is 1. The van der Waals surface area contributed by atoms with Gasteiger partial charge in [0.2, 0.25) is 5.88 Å². The van der Waals surface area contributed by atoms with Gasteiger partial charge >= 0.3 is 6.61 Å². The van der Waals surface area contributed by atoms with Gasteiger partial charge in [-0.2, -0.15) is 13.9 Å². The molecule has 0 unspecified atom stereocenters. The Labute approximate surface area is 138 Å². The molecule has 0 bridgehead atoms. The Morgan fingerprint density at radius 2 is 2.12 bits per heavy atom. The summed E-state index contributed by atoms with van der Waals surface area (Å²) in [5.74, 6) is 0.162. The minimum Gasteiger partial charge on any atom is -0.481 e. The van der Waals surface area contributed by atoms with Crippen LogP contribution in [0.15, 0.2) is 24.3 Å². The van der Waals surface area contributed by atoms with Crippen LogP contribution >= 0.6 is 0 Å². The fourth-order valence-electron chi connectivity index (χ4n) is 2.47. The van der Waals surface area contributed by atoms with Gasteiger partial charge in [-0.25, -0.2) is 4.68 Å². The molecule has 0 radical (unpaired) electrons. The lowest BCUT2D eigenvalue weighted by Crippen LogP contribution is -2.27. The Hall–Kier alpha value is -2.64. The number of rotatable bonds is 6. The predicted molar refractivity (Wildman–Crippen MR) is 83.4 cm³/mol. The number of hydrogen-bond donors (Lipinski definition) is 0. The van der Waals surface area contributed by atoms with Crippen molar-refractivity contribution in [1.82, 2.24) is 14.7 Å². The first kappa shape index (κ1) is 17.7. The summed E-state index contributed by atoms with van der Waals surface area (Å²) in [4.78, 5) is 14.1. The van der Waals surface area contributed by atoms with Crippen LogP contribution in [0.3, 0.4) is 0 Å². The molecule has 0 atom stereocenters. The zero-order valence-electron chi connectivity index (χ0n) is 13.9. The van der Waals surface area contributed by atoms with Gasteiger partial charge in [-0.15, -0.1) is 0 Å². The predicted octanol–water partition coefficient (Wildman–Crippen LogP) is 2.61. The van der Waals surface area contributed by atoms with Crippen LogP contribution in [0.5, 0.6) is 11.6 Å². The molecule has 0 aliphatic rings. The molecular formula is C16H19F2N3O3. The molecule has 2 rings (SSSR count). The standard InChI is InChI=1S/C16H19F2N3O3/c1-10-13(15(23-4)21(3)19-10)14(22)20(2)9-11-6-5-7-12(8-11)24-16(17)18/h5-8,16H,9H2,1-4H3. The lowest BCUT2D eigenvalue weighted by molar-refractivity contribution is -0.0499. The summed E-state index contributed by atoms with van der Waals surface area (Å²) < 4.78 is 35.7. The Morgan fingerprint density at radius 1 is 1.42 bits per heavy atom. The largest absolute Gasteiger partial charge is 0.481 e. The van der Waals surface area contributed by atoms with Crippen molar-refractivity contribution in [3.63, 3.8) is 0 Å². The highest BCUT2D eigenvalue weighted by Gasteiger charge is 2.24. The maximum Gasteiger partial charge on any atom is 0.387 e. The molecular weight excluding hydrogens is 320 g/mol. The summed E-state index contributed by atoms with van der Waals surface area (Å²) in [5.41, 5.74) is 1.60. The maximum absolute atomic E-state index is 12.7. The van der Waals surface area contributed by atoms with E-state index in [2.05, 4.69) is 9.84 Å². The molecule has 24 heavy (non-hydrogen) atoms. The Kier molecular flexibility index (Phi) is 5.38. The molecule has 1 aromatic carbocycles. The Balaban J connectivity index is 2.18. The van der Waals surface area contributed by atoms with Gasteiger partial charge in [-0.1, -0.05) is 12.1 Å². The lowest BCUT2D eigenvalue weighted by atomic mass is 10.1. The summed E-state index contributed by atoms with van der Waals surface area (Å²) in [5, 5.41) is 4.18. The van der Waals surface area contributed by atoms with Gasteiger partial charge in [0.15, 0.2) is 0 Å². The average Bonchev–Trinajstić information content (AvgIpc) is 2.79. The number of alkyl halides is 2. The van der Waals surface area contributed by atoms with Gasteiger partial charge in [-0.3, -0.25) is 4.79 Å². The van der Waals surface area contributed by atoms with Crippen molar-refractivity contribution in [3.05, 3.63) is 41.1 Å². The summed E-state index contributed by atoms with van der Waals surface area (Å²) in [7, 11) is 4.78. The SMILES string of the molecule is COc1c(C(=O)N(C)Cc2cccc(OC(F)F)c2)c(C)nn1C. The second-order valence-corrected chi connectivity index (χ2v) is 5.28. The molecule has 0 aliphatic heterocycles. The van der Waals surface area contributed by atoms with E-state index in [1.54, 1.807) is 33.2 Å². The Bertz CT molecular complexity index is 731. The molecule has 1 heterocycles. The lowest BCUT2D eigenvalue weighted by Gasteiger charge is -2.18. The Morgan fingerprint density at radius 3 is 2.75 bits per heavy atom. The second-order valence-electron chi connectivity index (χ2n) is 5.28. The topological polar surface area (TPSA) is 56.6 Å².